The van der Waals surface area contributed by atoms with Crippen molar-refractivity contribution in [2.75, 3.05) is 11.1 Å². The molecule has 0 saturated carbocycles. The van der Waals surface area contributed by atoms with Crippen LogP contribution in [-0.2, 0) is 17.6 Å². The van der Waals surface area contributed by atoms with Gasteiger partial charge in [-0.25, -0.2) is 4.98 Å². The molecule has 162 valence electrons. The summed E-state index contributed by atoms with van der Waals surface area (Å²) in [7, 11) is 0. The van der Waals surface area contributed by atoms with Crippen molar-refractivity contribution in [2.45, 2.75) is 24.9 Å². The minimum absolute atomic E-state index is 0.145. The molecular weight excluding hydrogens is 486 g/mol. The lowest BCUT2D eigenvalue weighted by atomic mass is 9.99. The van der Waals surface area contributed by atoms with Crippen LogP contribution in [0.5, 0.6) is 0 Å². The van der Waals surface area contributed by atoms with Gasteiger partial charge in [0.1, 0.15) is 0 Å². The Morgan fingerprint density at radius 2 is 1.81 bits per heavy atom. The highest BCUT2D eigenvalue weighted by atomic mass is 79.9. The molecule has 0 aliphatic heterocycles. The maximum absolute atomic E-state index is 12.7. The quantitative estimate of drug-likeness (QED) is 0.253. The van der Waals surface area contributed by atoms with Crippen molar-refractivity contribution in [1.29, 1.82) is 0 Å². The molecule has 0 aliphatic rings. The van der Waals surface area contributed by atoms with Gasteiger partial charge < -0.3 is 10.3 Å². The molecule has 0 fully saturated rings. The number of nitrogens with one attached hydrogen (secondary N) is 2. The van der Waals surface area contributed by atoms with Crippen molar-refractivity contribution >= 4 is 50.1 Å². The van der Waals surface area contributed by atoms with Crippen LogP contribution in [0.1, 0.15) is 23.7 Å². The van der Waals surface area contributed by atoms with E-state index in [9.17, 15) is 9.59 Å². The number of amides is 1. The third kappa shape index (κ3) is 5.29. The zero-order valence-corrected chi connectivity index (χ0v) is 19.9. The lowest BCUT2D eigenvalue weighted by Crippen LogP contribution is -2.20. The predicted octanol–water partition coefficient (Wildman–Crippen LogP) is 5.57. The third-order valence-corrected chi connectivity index (χ3v) is 6.54. The fourth-order valence-electron chi connectivity index (χ4n) is 3.59. The molecule has 2 N–H and O–H groups in total. The second kappa shape index (κ2) is 10.1. The summed E-state index contributed by atoms with van der Waals surface area (Å²) < 4.78 is 0.946. The summed E-state index contributed by atoms with van der Waals surface area (Å²) in [5.74, 6) is -0.00630. The molecule has 0 saturated heterocycles. The molecule has 7 heteroatoms. The average molecular weight is 508 g/mol. The summed E-state index contributed by atoms with van der Waals surface area (Å²) in [5, 5.41) is 5.62. The first-order valence-electron chi connectivity index (χ1n) is 10.3. The highest BCUT2D eigenvalue weighted by Gasteiger charge is 2.14. The first-order valence-corrected chi connectivity index (χ1v) is 12.1. The molecule has 4 rings (SSSR count). The number of anilines is 1. The van der Waals surface area contributed by atoms with E-state index in [1.54, 1.807) is 0 Å². The van der Waals surface area contributed by atoms with Gasteiger partial charge in [0.15, 0.2) is 5.16 Å². The standard InChI is InChI=1S/C25H22BrN3O2S/c1-2-20-22(14-17-8-5-7-16-6-3-4-9-21(16)17)28-25(29-24(20)31)32-15-23(30)27-19-12-10-18(26)11-13-19/h3-13H,2,14-15H2,1H3,(H,27,30)(H,28,29,31). The van der Waals surface area contributed by atoms with Gasteiger partial charge in [-0.2, -0.15) is 0 Å². The lowest BCUT2D eigenvalue weighted by molar-refractivity contribution is -0.113. The number of hydrogen-bond donors (Lipinski definition) is 2. The molecule has 1 aromatic heterocycles. The van der Waals surface area contributed by atoms with Crippen molar-refractivity contribution < 1.29 is 4.79 Å². The van der Waals surface area contributed by atoms with E-state index >= 15 is 0 Å². The minimum atomic E-state index is -0.157. The van der Waals surface area contributed by atoms with Crippen LogP contribution in [0.3, 0.4) is 0 Å². The molecule has 0 radical (unpaired) electrons. The van der Waals surface area contributed by atoms with Crippen molar-refractivity contribution in [2.24, 2.45) is 0 Å². The van der Waals surface area contributed by atoms with E-state index in [0.717, 1.165) is 32.2 Å². The summed E-state index contributed by atoms with van der Waals surface area (Å²) in [5.41, 5.74) is 3.14. The number of nitrogens with zero attached hydrogens (tertiary/aromatic N) is 1. The van der Waals surface area contributed by atoms with Crippen molar-refractivity contribution in [3.05, 3.63) is 98.4 Å². The van der Waals surface area contributed by atoms with E-state index in [-0.39, 0.29) is 17.2 Å². The van der Waals surface area contributed by atoms with E-state index in [2.05, 4.69) is 50.5 Å². The molecule has 1 amide bonds. The first-order chi connectivity index (χ1) is 15.5. The van der Waals surface area contributed by atoms with E-state index < -0.39 is 0 Å². The number of carbonyl (C=O) groups excluding carboxylic acids is 1. The lowest BCUT2D eigenvalue weighted by Gasteiger charge is -2.11. The minimum Gasteiger partial charge on any atom is -0.325 e. The monoisotopic (exact) mass is 507 g/mol. The molecule has 0 atom stereocenters. The van der Waals surface area contributed by atoms with Crippen LogP contribution in [0.25, 0.3) is 10.8 Å². The second-order valence-corrected chi connectivity index (χ2v) is 9.19. The van der Waals surface area contributed by atoms with Crippen LogP contribution >= 0.6 is 27.7 Å². The van der Waals surface area contributed by atoms with E-state index in [1.807, 2.05) is 49.4 Å². The van der Waals surface area contributed by atoms with Gasteiger partial charge in [0.2, 0.25) is 5.91 Å². The molecule has 0 unspecified atom stereocenters. The topological polar surface area (TPSA) is 74.8 Å². The van der Waals surface area contributed by atoms with Gasteiger partial charge in [0.25, 0.3) is 5.56 Å². The zero-order valence-electron chi connectivity index (χ0n) is 17.5. The smallest absolute Gasteiger partial charge is 0.254 e. The number of H-pyrrole nitrogens is 1. The summed E-state index contributed by atoms with van der Waals surface area (Å²) in [6.45, 7) is 1.96. The van der Waals surface area contributed by atoms with E-state index in [0.29, 0.717) is 23.6 Å². The molecule has 3 aromatic carbocycles. The number of aromatic amines is 1. The predicted molar refractivity (Wildman–Crippen MR) is 134 cm³/mol. The van der Waals surface area contributed by atoms with Crippen molar-refractivity contribution in [3.8, 4) is 0 Å². The normalized spacial score (nSPS) is 10.9. The molecule has 0 aliphatic carbocycles. The Hall–Kier alpha value is -2.90. The van der Waals surface area contributed by atoms with E-state index in [4.69, 9.17) is 4.98 Å². The molecular formula is C25H22BrN3O2S. The Labute approximate surface area is 198 Å². The Morgan fingerprint density at radius 3 is 2.59 bits per heavy atom. The number of halogens is 1. The average Bonchev–Trinajstić information content (AvgIpc) is 2.79. The van der Waals surface area contributed by atoms with Gasteiger partial charge in [-0.05, 0) is 47.0 Å². The summed E-state index contributed by atoms with van der Waals surface area (Å²) >= 11 is 4.60. The molecule has 0 spiro atoms. The Kier molecular flexibility index (Phi) is 7.07. The maximum atomic E-state index is 12.7. The number of benzene rings is 3. The second-order valence-electron chi connectivity index (χ2n) is 7.31. The zero-order chi connectivity index (χ0) is 22.5. The number of aromatic nitrogens is 2. The van der Waals surface area contributed by atoms with E-state index in [1.165, 1.54) is 11.8 Å². The number of rotatable bonds is 7. The SMILES string of the molecule is CCc1c(Cc2cccc3ccccc23)nc(SCC(=O)Nc2ccc(Br)cc2)[nH]c1=O. The van der Waals surface area contributed by atoms with Crippen molar-refractivity contribution in [3.63, 3.8) is 0 Å². The fraction of sp³-hybridized carbons (Fsp3) is 0.160. The van der Waals surface area contributed by atoms with Gasteiger partial charge in [-0.1, -0.05) is 77.1 Å². The van der Waals surface area contributed by atoms with Crippen LogP contribution < -0.4 is 10.9 Å². The Bertz CT molecular complexity index is 1310. The summed E-state index contributed by atoms with van der Waals surface area (Å²) in [4.78, 5) is 32.6. The van der Waals surface area contributed by atoms with Crippen LogP contribution in [0.15, 0.2) is 81.2 Å². The summed E-state index contributed by atoms with van der Waals surface area (Å²) in [6.07, 6.45) is 1.16. The Morgan fingerprint density at radius 1 is 1.06 bits per heavy atom. The molecule has 1 heterocycles. The van der Waals surface area contributed by atoms with Crippen LogP contribution in [-0.4, -0.2) is 21.6 Å². The molecule has 5 nitrogen and oxygen atoms in total. The van der Waals surface area contributed by atoms with Crippen LogP contribution in [0.2, 0.25) is 0 Å². The first kappa shape index (κ1) is 22.3. The van der Waals surface area contributed by atoms with Crippen LogP contribution in [0.4, 0.5) is 5.69 Å². The Balaban J connectivity index is 1.53. The molecule has 32 heavy (non-hydrogen) atoms. The number of fused-ring (bicyclic) bond motifs is 1. The maximum Gasteiger partial charge on any atom is 0.254 e. The highest BCUT2D eigenvalue weighted by molar-refractivity contribution is 9.10. The number of carbonyl (C=O) groups is 1. The van der Waals surface area contributed by atoms with Gasteiger partial charge >= 0.3 is 0 Å². The van der Waals surface area contributed by atoms with Crippen LogP contribution in [0, 0.1) is 0 Å². The summed E-state index contributed by atoms with van der Waals surface area (Å²) in [6, 6.07) is 21.8. The van der Waals surface area contributed by atoms with Gasteiger partial charge in [-0.15, -0.1) is 0 Å². The van der Waals surface area contributed by atoms with Gasteiger partial charge in [-0.3, -0.25) is 9.59 Å². The molecule has 4 aromatic rings. The highest BCUT2D eigenvalue weighted by Crippen LogP contribution is 2.23. The van der Waals surface area contributed by atoms with Gasteiger partial charge in [0, 0.05) is 22.1 Å². The number of thioether (sulfide) groups is 1. The third-order valence-electron chi connectivity index (χ3n) is 5.14. The largest absolute Gasteiger partial charge is 0.325 e. The van der Waals surface area contributed by atoms with Crippen molar-refractivity contribution in [1.82, 2.24) is 9.97 Å². The number of hydrogen-bond acceptors (Lipinski definition) is 4. The van der Waals surface area contributed by atoms with Gasteiger partial charge in [0.05, 0.1) is 11.4 Å². The molecule has 0 bridgehead atoms. The fourth-order valence-corrected chi connectivity index (χ4v) is 4.54.